The zero-order valence-electron chi connectivity index (χ0n) is 23.5. The molecule has 4 heteroatoms. The van der Waals surface area contributed by atoms with Crippen molar-refractivity contribution < 1.29 is 0 Å². The fourth-order valence-corrected chi connectivity index (χ4v) is 10.3. The molecule has 0 aliphatic carbocycles. The lowest BCUT2D eigenvalue weighted by Crippen LogP contribution is -2.01. The van der Waals surface area contributed by atoms with Crippen molar-refractivity contribution in [3.05, 3.63) is 56.9 Å². The van der Waals surface area contributed by atoms with E-state index in [4.69, 9.17) is 0 Å². The third-order valence-corrected chi connectivity index (χ3v) is 12.3. The first kappa shape index (κ1) is 28.1. The van der Waals surface area contributed by atoms with Gasteiger partial charge >= 0.3 is 0 Å². The number of rotatable bonds is 14. The predicted octanol–water partition coefficient (Wildman–Crippen LogP) is 13.1. The Hall–Kier alpha value is -1.46. The molecule has 0 aliphatic heterocycles. The smallest absolute Gasteiger partial charge is 0.0442 e. The summed E-state index contributed by atoms with van der Waals surface area (Å²) < 4.78 is 2.92. The first-order chi connectivity index (χ1) is 18.7. The van der Waals surface area contributed by atoms with E-state index < -0.39 is 0 Å². The zero-order chi connectivity index (χ0) is 26.5. The molecule has 2 unspecified atom stereocenters. The molecule has 0 spiro atoms. The molecule has 202 valence electrons. The molecule has 1 aromatic carbocycles. The fourth-order valence-electron chi connectivity index (χ4n) is 5.83. The Labute approximate surface area is 245 Å². The molecule has 5 aromatic rings. The van der Waals surface area contributed by atoms with Crippen molar-refractivity contribution in [2.45, 2.75) is 91.9 Å². The fraction of sp³-hybridized carbons (Fsp3) is 0.471. The molecule has 4 aromatic heterocycles. The minimum atomic E-state index is 0.814. The summed E-state index contributed by atoms with van der Waals surface area (Å²) in [6, 6.07) is 14.4. The Bertz CT molecular complexity index is 1280. The van der Waals surface area contributed by atoms with Crippen molar-refractivity contribution in [1.82, 2.24) is 0 Å². The van der Waals surface area contributed by atoms with Crippen molar-refractivity contribution in [2.24, 2.45) is 11.8 Å². The molecule has 0 radical (unpaired) electrons. The van der Waals surface area contributed by atoms with E-state index in [1.807, 2.05) is 45.3 Å². The molecule has 0 fully saturated rings. The summed E-state index contributed by atoms with van der Waals surface area (Å²) in [5.41, 5.74) is 2.94. The molecule has 2 atom stereocenters. The average Bonchev–Trinajstić information content (AvgIpc) is 3.75. The van der Waals surface area contributed by atoms with Crippen LogP contribution in [-0.2, 0) is 12.8 Å². The van der Waals surface area contributed by atoms with Gasteiger partial charge in [-0.15, -0.1) is 45.3 Å². The van der Waals surface area contributed by atoms with Crippen LogP contribution < -0.4 is 0 Å². The van der Waals surface area contributed by atoms with E-state index in [0.717, 1.165) is 11.8 Å². The molecule has 0 nitrogen and oxygen atoms in total. The van der Waals surface area contributed by atoms with E-state index in [9.17, 15) is 0 Å². The molecule has 4 heterocycles. The summed E-state index contributed by atoms with van der Waals surface area (Å²) in [6.45, 7) is 9.34. The van der Waals surface area contributed by atoms with Crippen LogP contribution in [0.1, 0.15) is 88.8 Å². The first-order valence-electron chi connectivity index (χ1n) is 14.7. The van der Waals surface area contributed by atoms with Gasteiger partial charge in [0, 0.05) is 50.8 Å². The highest BCUT2D eigenvalue weighted by Crippen LogP contribution is 2.50. The zero-order valence-corrected chi connectivity index (χ0v) is 26.7. The summed E-state index contributed by atoms with van der Waals surface area (Å²) in [4.78, 5) is 6.00. The maximum Gasteiger partial charge on any atom is 0.0442 e. The predicted molar refractivity (Wildman–Crippen MR) is 178 cm³/mol. The second kappa shape index (κ2) is 13.3. The Morgan fingerprint density at radius 1 is 0.579 bits per heavy atom. The van der Waals surface area contributed by atoms with Crippen molar-refractivity contribution in [3.63, 3.8) is 0 Å². The van der Waals surface area contributed by atoms with E-state index in [1.165, 1.54) is 105 Å². The van der Waals surface area contributed by atoms with Gasteiger partial charge in [-0.2, -0.15) is 0 Å². The van der Waals surface area contributed by atoms with Crippen LogP contribution in [-0.4, -0.2) is 0 Å². The van der Waals surface area contributed by atoms with Gasteiger partial charge in [0.25, 0.3) is 0 Å². The van der Waals surface area contributed by atoms with Crippen LogP contribution in [0.3, 0.4) is 0 Å². The molecule has 0 amide bonds. The second-order valence-corrected chi connectivity index (χ2v) is 15.0. The van der Waals surface area contributed by atoms with Crippen molar-refractivity contribution in [1.29, 1.82) is 0 Å². The summed E-state index contributed by atoms with van der Waals surface area (Å²) in [5, 5.41) is 7.49. The lowest BCUT2D eigenvalue weighted by Gasteiger charge is -2.13. The molecule has 0 aliphatic rings. The van der Waals surface area contributed by atoms with Crippen LogP contribution in [0.5, 0.6) is 0 Å². The van der Waals surface area contributed by atoms with Gasteiger partial charge in [0.2, 0.25) is 0 Å². The molecule has 0 saturated carbocycles. The number of thiophene rings is 4. The Morgan fingerprint density at radius 3 is 1.42 bits per heavy atom. The van der Waals surface area contributed by atoms with E-state index in [1.54, 1.807) is 9.75 Å². The number of benzene rings is 1. The third-order valence-electron chi connectivity index (χ3n) is 8.21. The summed E-state index contributed by atoms with van der Waals surface area (Å²) in [7, 11) is 0. The van der Waals surface area contributed by atoms with Gasteiger partial charge in [-0.1, -0.05) is 79.1 Å². The van der Waals surface area contributed by atoms with Crippen LogP contribution >= 0.6 is 45.3 Å². The van der Waals surface area contributed by atoms with Gasteiger partial charge < -0.3 is 0 Å². The van der Waals surface area contributed by atoms with Crippen LogP contribution in [0.25, 0.3) is 41.1 Å². The number of hydrogen-bond donors (Lipinski definition) is 0. The van der Waals surface area contributed by atoms with Gasteiger partial charge in [0.1, 0.15) is 0 Å². The van der Waals surface area contributed by atoms with E-state index in [2.05, 4.69) is 74.9 Å². The molecular weight excluding hydrogens is 537 g/mol. The van der Waals surface area contributed by atoms with Crippen LogP contribution in [0.2, 0.25) is 0 Å². The first-order valence-corrected chi connectivity index (χ1v) is 18.1. The molecule has 0 bridgehead atoms. The van der Waals surface area contributed by atoms with E-state index >= 15 is 0 Å². The lowest BCUT2D eigenvalue weighted by atomic mass is 9.95. The quantitative estimate of drug-likeness (QED) is 0.123. The van der Waals surface area contributed by atoms with E-state index in [-0.39, 0.29) is 0 Å². The molecule has 38 heavy (non-hydrogen) atoms. The number of hydrogen-bond acceptors (Lipinski definition) is 4. The van der Waals surface area contributed by atoms with E-state index in [0.29, 0.717) is 0 Å². The SMILES string of the molecule is CCCCC(CC)Cc1ccc(-c2c3ccsc3c(-c3ccc(CC(CC)CCCC)s3)c3ccsc23)s1. The Kier molecular flexibility index (Phi) is 9.80. The average molecular weight is 579 g/mol. The Morgan fingerprint density at radius 2 is 1.03 bits per heavy atom. The van der Waals surface area contributed by atoms with Crippen LogP contribution in [0.4, 0.5) is 0 Å². The highest BCUT2D eigenvalue weighted by atomic mass is 32.1. The van der Waals surface area contributed by atoms with Gasteiger partial charge in [-0.05, 0) is 71.8 Å². The normalized spacial score (nSPS) is 13.6. The molecule has 0 N–H and O–H groups in total. The lowest BCUT2D eigenvalue weighted by molar-refractivity contribution is 0.452. The molecule has 5 rings (SSSR count). The monoisotopic (exact) mass is 578 g/mol. The van der Waals surface area contributed by atoms with Gasteiger partial charge in [0.15, 0.2) is 0 Å². The van der Waals surface area contributed by atoms with Crippen molar-refractivity contribution in [3.8, 4) is 20.9 Å². The van der Waals surface area contributed by atoms with Crippen LogP contribution in [0, 0.1) is 11.8 Å². The maximum atomic E-state index is 2.41. The number of unbranched alkanes of at least 4 members (excludes halogenated alkanes) is 2. The van der Waals surface area contributed by atoms with Gasteiger partial charge in [-0.25, -0.2) is 0 Å². The second-order valence-electron chi connectivity index (χ2n) is 10.8. The van der Waals surface area contributed by atoms with Crippen molar-refractivity contribution in [2.75, 3.05) is 0 Å². The topological polar surface area (TPSA) is 0 Å². The molecule has 0 saturated heterocycles. The minimum Gasteiger partial charge on any atom is -0.143 e. The maximum absolute atomic E-state index is 2.41. The van der Waals surface area contributed by atoms with Crippen LogP contribution in [0.15, 0.2) is 47.2 Å². The minimum absolute atomic E-state index is 0.814. The largest absolute Gasteiger partial charge is 0.143 e. The van der Waals surface area contributed by atoms with Gasteiger partial charge in [-0.3, -0.25) is 0 Å². The van der Waals surface area contributed by atoms with Crippen molar-refractivity contribution >= 4 is 65.5 Å². The standard InChI is InChI=1S/C34H42S4/c1-5-9-11-23(7-3)21-25-13-15-29(37-25)31-27-17-19-36-34(27)32(28-18-20-35-33(28)31)30-16-14-26(38-30)22-24(8-4)12-10-6-2/h13-20,23-24H,5-12,21-22H2,1-4H3. The summed E-state index contributed by atoms with van der Waals surface area (Å²) >= 11 is 7.91. The molecular formula is C34H42S4. The number of fused-ring (bicyclic) bond motifs is 2. The Balaban J connectivity index is 1.50. The highest BCUT2D eigenvalue weighted by Gasteiger charge is 2.21. The summed E-state index contributed by atoms with van der Waals surface area (Å²) in [6.07, 6.45) is 13.1. The van der Waals surface area contributed by atoms with Gasteiger partial charge in [0.05, 0.1) is 0 Å². The third kappa shape index (κ3) is 5.99. The summed E-state index contributed by atoms with van der Waals surface area (Å²) in [5.74, 6) is 1.63. The highest BCUT2D eigenvalue weighted by molar-refractivity contribution is 7.22.